The van der Waals surface area contributed by atoms with Crippen LogP contribution in [0.15, 0.2) is 60.8 Å². The van der Waals surface area contributed by atoms with Crippen LogP contribution in [0.25, 0.3) is 0 Å². The van der Waals surface area contributed by atoms with E-state index in [2.05, 4.69) is 44.5 Å². The standard InChI is InChI=1S/C19H20FN5/c1-2-25(14-16-6-4-3-5-7-16)18-13-22-24-19(23-18)21-12-15-8-10-17(20)11-9-15/h3-11,13H,2,12,14H2,1H3,(H,21,23,24). The number of halogens is 1. The molecular weight excluding hydrogens is 317 g/mol. The number of nitrogens with zero attached hydrogens (tertiary/aromatic N) is 4. The highest BCUT2D eigenvalue weighted by Gasteiger charge is 2.09. The highest BCUT2D eigenvalue weighted by molar-refractivity contribution is 5.41. The van der Waals surface area contributed by atoms with E-state index in [4.69, 9.17) is 0 Å². The van der Waals surface area contributed by atoms with Gasteiger partial charge in [0.15, 0.2) is 5.82 Å². The lowest BCUT2D eigenvalue weighted by Gasteiger charge is -2.21. The highest BCUT2D eigenvalue weighted by Crippen LogP contribution is 2.15. The summed E-state index contributed by atoms with van der Waals surface area (Å²) < 4.78 is 12.9. The van der Waals surface area contributed by atoms with Crippen LogP contribution in [-0.4, -0.2) is 21.7 Å². The van der Waals surface area contributed by atoms with Gasteiger partial charge in [0.2, 0.25) is 5.95 Å². The average Bonchev–Trinajstić information content (AvgIpc) is 2.67. The predicted octanol–water partition coefficient (Wildman–Crippen LogP) is 3.65. The number of hydrogen-bond acceptors (Lipinski definition) is 5. The summed E-state index contributed by atoms with van der Waals surface area (Å²) in [5.74, 6) is 0.972. The number of hydrogen-bond donors (Lipinski definition) is 1. The summed E-state index contributed by atoms with van der Waals surface area (Å²) in [5.41, 5.74) is 2.16. The molecule has 1 N–H and O–H groups in total. The van der Waals surface area contributed by atoms with E-state index in [1.165, 1.54) is 17.7 Å². The van der Waals surface area contributed by atoms with Crippen LogP contribution in [0.3, 0.4) is 0 Å². The van der Waals surface area contributed by atoms with Gasteiger partial charge in [0.05, 0.1) is 6.20 Å². The van der Waals surface area contributed by atoms with Crippen LogP contribution in [0.4, 0.5) is 16.2 Å². The SMILES string of the molecule is CCN(Cc1ccccc1)c1cnnc(NCc2ccc(F)cc2)n1. The van der Waals surface area contributed by atoms with Crippen LogP contribution in [0, 0.1) is 5.82 Å². The Morgan fingerprint density at radius 3 is 2.48 bits per heavy atom. The van der Waals surface area contributed by atoms with E-state index in [0.717, 1.165) is 24.5 Å². The van der Waals surface area contributed by atoms with Crippen molar-refractivity contribution in [1.82, 2.24) is 15.2 Å². The molecule has 0 saturated heterocycles. The first kappa shape index (κ1) is 16.8. The lowest BCUT2D eigenvalue weighted by atomic mass is 10.2. The van der Waals surface area contributed by atoms with Gasteiger partial charge in [0.25, 0.3) is 0 Å². The van der Waals surface area contributed by atoms with Crippen molar-refractivity contribution in [2.45, 2.75) is 20.0 Å². The molecule has 0 spiro atoms. The Bertz CT molecular complexity index is 792. The third kappa shape index (κ3) is 4.73. The molecule has 0 aliphatic heterocycles. The largest absolute Gasteiger partial charge is 0.351 e. The van der Waals surface area contributed by atoms with Crippen molar-refractivity contribution in [3.05, 3.63) is 77.7 Å². The molecule has 0 bridgehead atoms. The number of aromatic nitrogens is 3. The molecule has 0 aliphatic carbocycles. The van der Waals surface area contributed by atoms with Crippen LogP contribution in [0.1, 0.15) is 18.1 Å². The van der Waals surface area contributed by atoms with Gasteiger partial charge in [-0.25, -0.2) is 4.39 Å². The Hall–Kier alpha value is -3.02. The van der Waals surface area contributed by atoms with Crippen molar-refractivity contribution < 1.29 is 4.39 Å². The van der Waals surface area contributed by atoms with E-state index < -0.39 is 0 Å². The fraction of sp³-hybridized carbons (Fsp3) is 0.211. The topological polar surface area (TPSA) is 53.9 Å². The minimum absolute atomic E-state index is 0.247. The lowest BCUT2D eigenvalue weighted by molar-refractivity contribution is 0.627. The zero-order valence-electron chi connectivity index (χ0n) is 14.1. The molecule has 3 rings (SSSR count). The molecule has 0 fully saturated rings. The molecule has 1 heterocycles. The van der Waals surface area contributed by atoms with Crippen LogP contribution < -0.4 is 10.2 Å². The van der Waals surface area contributed by atoms with Crippen LogP contribution in [0.2, 0.25) is 0 Å². The van der Waals surface area contributed by atoms with Crippen molar-refractivity contribution in [1.29, 1.82) is 0 Å². The minimum Gasteiger partial charge on any atom is -0.351 e. The summed E-state index contributed by atoms with van der Waals surface area (Å²) in [7, 11) is 0. The van der Waals surface area contributed by atoms with E-state index >= 15 is 0 Å². The molecule has 0 atom stereocenters. The van der Waals surface area contributed by atoms with Gasteiger partial charge in [-0.15, -0.1) is 5.10 Å². The highest BCUT2D eigenvalue weighted by atomic mass is 19.1. The summed E-state index contributed by atoms with van der Waals surface area (Å²) in [6.45, 7) is 4.16. The molecule has 25 heavy (non-hydrogen) atoms. The van der Waals surface area contributed by atoms with Crippen molar-refractivity contribution in [2.24, 2.45) is 0 Å². The van der Waals surface area contributed by atoms with Gasteiger partial charge < -0.3 is 10.2 Å². The Labute approximate surface area is 146 Å². The van der Waals surface area contributed by atoms with Gasteiger partial charge >= 0.3 is 0 Å². The molecule has 5 nitrogen and oxygen atoms in total. The molecule has 0 amide bonds. The quantitative estimate of drug-likeness (QED) is 0.713. The van der Waals surface area contributed by atoms with Gasteiger partial charge in [-0.05, 0) is 30.2 Å². The zero-order valence-corrected chi connectivity index (χ0v) is 14.1. The second kappa shape index (κ2) is 8.19. The van der Waals surface area contributed by atoms with Crippen LogP contribution in [-0.2, 0) is 13.1 Å². The number of nitrogens with one attached hydrogen (secondary N) is 1. The molecule has 6 heteroatoms. The normalized spacial score (nSPS) is 10.5. The first-order chi connectivity index (χ1) is 12.2. The number of anilines is 2. The predicted molar refractivity (Wildman–Crippen MR) is 96.7 cm³/mol. The second-order valence-electron chi connectivity index (χ2n) is 5.62. The Morgan fingerprint density at radius 1 is 1.00 bits per heavy atom. The molecular formula is C19H20FN5. The first-order valence-electron chi connectivity index (χ1n) is 8.21. The van der Waals surface area contributed by atoms with Crippen LogP contribution in [0.5, 0.6) is 0 Å². The summed E-state index contributed by atoms with van der Waals surface area (Å²) >= 11 is 0. The van der Waals surface area contributed by atoms with Crippen molar-refractivity contribution >= 4 is 11.8 Å². The lowest BCUT2D eigenvalue weighted by Crippen LogP contribution is -2.24. The Kier molecular flexibility index (Phi) is 5.51. The maximum absolute atomic E-state index is 12.9. The molecule has 1 aromatic heterocycles. The molecule has 128 valence electrons. The number of benzene rings is 2. The van der Waals surface area contributed by atoms with Gasteiger partial charge in [-0.1, -0.05) is 42.5 Å². The molecule has 0 radical (unpaired) electrons. The Balaban J connectivity index is 1.68. The monoisotopic (exact) mass is 337 g/mol. The number of rotatable bonds is 7. The molecule has 3 aromatic rings. The smallest absolute Gasteiger partial charge is 0.244 e. The zero-order chi connectivity index (χ0) is 17.5. The van der Waals surface area contributed by atoms with Gasteiger partial charge in [0, 0.05) is 19.6 Å². The van der Waals surface area contributed by atoms with Crippen LogP contribution >= 0.6 is 0 Å². The van der Waals surface area contributed by atoms with E-state index in [0.29, 0.717) is 12.5 Å². The van der Waals surface area contributed by atoms with E-state index in [1.54, 1.807) is 18.3 Å². The molecule has 0 aliphatic rings. The first-order valence-corrected chi connectivity index (χ1v) is 8.21. The van der Waals surface area contributed by atoms with Crippen molar-refractivity contribution in [2.75, 3.05) is 16.8 Å². The second-order valence-corrected chi connectivity index (χ2v) is 5.62. The third-order valence-corrected chi connectivity index (χ3v) is 3.83. The summed E-state index contributed by atoms with van der Waals surface area (Å²) in [4.78, 5) is 6.67. The summed E-state index contributed by atoms with van der Waals surface area (Å²) in [6, 6.07) is 16.6. The Morgan fingerprint density at radius 2 is 1.76 bits per heavy atom. The maximum atomic E-state index is 12.9. The van der Waals surface area contributed by atoms with Gasteiger partial charge in [-0.3, -0.25) is 0 Å². The average molecular weight is 337 g/mol. The summed E-state index contributed by atoms with van der Waals surface area (Å²) in [5, 5.41) is 11.2. The molecule has 0 saturated carbocycles. The fourth-order valence-electron chi connectivity index (χ4n) is 2.46. The van der Waals surface area contributed by atoms with Crippen molar-refractivity contribution in [3.8, 4) is 0 Å². The third-order valence-electron chi connectivity index (χ3n) is 3.83. The van der Waals surface area contributed by atoms with E-state index in [9.17, 15) is 4.39 Å². The van der Waals surface area contributed by atoms with E-state index in [-0.39, 0.29) is 5.82 Å². The van der Waals surface area contributed by atoms with Gasteiger partial charge in [0.1, 0.15) is 5.82 Å². The summed E-state index contributed by atoms with van der Waals surface area (Å²) in [6.07, 6.45) is 1.66. The molecule has 0 unspecified atom stereocenters. The fourth-order valence-corrected chi connectivity index (χ4v) is 2.46. The van der Waals surface area contributed by atoms with E-state index in [1.807, 2.05) is 18.2 Å². The maximum Gasteiger partial charge on any atom is 0.244 e. The van der Waals surface area contributed by atoms with Crippen molar-refractivity contribution in [3.63, 3.8) is 0 Å². The van der Waals surface area contributed by atoms with Gasteiger partial charge in [-0.2, -0.15) is 10.1 Å². The minimum atomic E-state index is -0.247. The molecule has 2 aromatic carbocycles.